The highest BCUT2D eigenvalue weighted by molar-refractivity contribution is 5.91. The van der Waals surface area contributed by atoms with E-state index < -0.39 is 42.0 Å². The number of urea groups is 1. The van der Waals surface area contributed by atoms with E-state index in [2.05, 4.69) is 10.3 Å². The van der Waals surface area contributed by atoms with Crippen LogP contribution in [0.5, 0.6) is 0 Å². The van der Waals surface area contributed by atoms with Gasteiger partial charge in [0.25, 0.3) is 5.92 Å². The molecule has 0 aliphatic carbocycles. The van der Waals surface area contributed by atoms with Gasteiger partial charge in [-0.2, -0.15) is 22.0 Å². The molecule has 3 aromatic rings. The van der Waals surface area contributed by atoms with Crippen LogP contribution in [-0.4, -0.2) is 65.9 Å². The molecule has 2 saturated heterocycles. The third-order valence-electron chi connectivity index (χ3n) is 7.29. The Bertz CT molecular complexity index is 1410. The Morgan fingerprint density at radius 2 is 1.82 bits per heavy atom. The fourth-order valence-corrected chi connectivity index (χ4v) is 5.26. The number of amides is 2. The van der Waals surface area contributed by atoms with E-state index in [0.717, 1.165) is 6.92 Å². The molecule has 2 aliphatic heterocycles. The van der Waals surface area contributed by atoms with E-state index in [1.54, 1.807) is 19.2 Å². The molecule has 2 aromatic heterocycles. The normalized spacial score (nSPS) is 18.6. The van der Waals surface area contributed by atoms with Gasteiger partial charge in [-0.15, -0.1) is 0 Å². The fourth-order valence-electron chi connectivity index (χ4n) is 5.26. The molecule has 216 valence electrons. The van der Waals surface area contributed by atoms with Crippen LogP contribution >= 0.6 is 0 Å². The van der Waals surface area contributed by atoms with Crippen molar-refractivity contribution in [1.82, 2.24) is 14.3 Å². The van der Waals surface area contributed by atoms with Crippen LogP contribution in [0.4, 0.5) is 42.5 Å². The maximum Gasteiger partial charge on any atom is 0.389 e. The summed E-state index contributed by atoms with van der Waals surface area (Å²) < 4.78 is 88.5. The van der Waals surface area contributed by atoms with Gasteiger partial charge in [0.05, 0.1) is 24.6 Å². The number of nitrogens with one attached hydrogen (secondary N) is 1. The van der Waals surface area contributed by atoms with Gasteiger partial charge < -0.3 is 24.3 Å². The number of nitrogens with zero attached hydrogens (tertiary/aromatic N) is 4. The van der Waals surface area contributed by atoms with Gasteiger partial charge in [-0.3, -0.25) is 0 Å². The second-order valence-corrected chi connectivity index (χ2v) is 10.5. The van der Waals surface area contributed by atoms with Crippen LogP contribution in [0.1, 0.15) is 31.0 Å². The molecule has 1 unspecified atom stereocenters. The zero-order valence-corrected chi connectivity index (χ0v) is 22.0. The number of fused-ring (bicyclic) bond motifs is 1. The van der Waals surface area contributed by atoms with Crippen molar-refractivity contribution in [2.24, 2.45) is 5.92 Å². The lowest BCUT2D eigenvalue weighted by Gasteiger charge is -2.29. The average molecular weight is 570 g/mol. The quantitative estimate of drug-likeness (QED) is 0.372. The predicted octanol–water partition coefficient (Wildman–Crippen LogP) is 6.20. The van der Waals surface area contributed by atoms with Gasteiger partial charge in [-0.25, -0.2) is 14.2 Å². The lowest BCUT2D eigenvalue weighted by molar-refractivity contribution is -0.143. The van der Waals surface area contributed by atoms with E-state index in [1.807, 2.05) is 4.90 Å². The molecule has 0 radical (unpaired) electrons. The monoisotopic (exact) mass is 569 g/mol. The minimum Gasteiger partial charge on any atom is -0.378 e. The topological polar surface area (TPSA) is 62.1 Å². The minimum atomic E-state index is -4.32. The summed E-state index contributed by atoms with van der Waals surface area (Å²) in [7, 11) is 0. The maximum absolute atomic E-state index is 14.9. The molecule has 1 N–H and O–H groups in total. The van der Waals surface area contributed by atoms with Crippen LogP contribution < -0.4 is 10.2 Å². The standard InChI is InChI=1S/C27H29F6N5O2/c1-16-9-20(28)21(34-25(39)37-4-3-17(13-37)12-27(31,32)33)11-19(16)18-10-22(36-5-7-40-8-6-36)24-35-23(26(2,29)30)15-38(24)14-18/h9-11,14-15,17H,3-8,12-13H2,1-2H3,(H,34,39). The Hall–Kier alpha value is -3.48. The third-order valence-corrected chi connectivity index (χ3v) is 7.29. The van der Waals surface area contributed by atoms with Crippen molar-refractivity contribution in [1.29, 1.82) is 0 Å². The fraction of sp³-hybridized carbons (Fsp3) is 0.481. The SMILES string of the molecule is Cc1cc(F)c(NC(=O)N2CCC(CC(F)(F)F)C2)cc1-c1cc(N2CCOCC2)c2nc(C(C)(F)F)cn2c1. The van der Waals surface area contributed by atoms with Crippen LogP contribution in [0, 0.1) is 18.7 Å². The Labute approximate surface area is 226 Å². The second kappa shape index (κ2) is 10.5. The molecule has 13 heteroatoms. The molecule has 7 nitrogen and oxygen atoms in total. The number of pyridine rings is 1. The number of aromatic nitrogens is 2. The van der Waals surface area contributed by atoms with Crippen molar-refractivity contribution in [3.05, 3.63) is 47.7 Å². The van der Waals surface area contributed by atoms with Crippen LogP contribution in [0.25, 0.3) is 16.8 Å². The maximum atomic E-state index is 14.9. The van der Waals surface area contributed by atoms with E-state index in [-0.39, 0.29) is 25.2 Å². The molecule has 0 saturated carbocycles. The molecule has 0 bridgehead atoms. The highest BCUT2D eigenvalue weighted by Crippen LogP contribution is 2.36. The molecule has 5 rings (SSSR count). The van der Waals surface area contributed by atoms with Crippen molar-refractivity contribution in [2.45, 2.75) is 38.8 Å². The number of alkyl halides is 5. The molecule has 1 atom stereocenters. The van der Waals surface area contributed by atoms with Gasteiger partial charge in [0.2, 0.25) is 0 Å². The molecular formula is C27H29F6N5O2. The Morgan fingerprint density at radius 1 is 1.10 bits per heavy atom. The number of hydrogen-bond acceptors (Lipinski definition) is 4. The molecule has 2 aliphatic rings. The van der Waals surface area contributed by atoms with Gasteiger partial charge in [0.15, 0.2) is 5.65 Å². The first kappa shape index (κ1) is 28.1. The van der Waals surface area contributed by atoms with Crippen molar-refractivity contribution in [2.75, 3.05) is 49.6 Å². The van der Waals surface area contributed by atoms with E-state index in [9.17, 15) is 31.1 Å². The van der Waals surface area contributed by atoms with E-state index >= 15 is 0 Å². The Balaban J connectivity index is 1.48. The number of halogens is 6. The van der Waals surface area contributed by atoms with Crippen molar-refractivity contribution in [3.8, 4) is 11.1 Å². The van der Waals surface area contributed by atoms with E-state index in [1.165, 1.54) is 27.6 Å². The molecule has 40 heavy (non-hydrogen) atoms. The molecule has 2 fully saturated rings. The van der Waals surface area contributed by atoms with Crippen molar-refractivity contribution < 1.29 is 35.9 Å². The summed E-state index contributed by atoms with van der Waals surface area (Å²) in [5, 5.41) is 2.50. The van der Waals surface area contributed by atoms with E-state index in [4.69, 9.17) is 4.74 Å². The molecule has 2 amide bonds. The van der Waals surface area contributed by atoms with Gasteiger partial charge in [-0.1, -0.05) is 0 Å². The largest absolute Gasteiger partial charge is 0.389 e. The van der Waals surface area contributed by atoms with Crippen LogP contribution in [0.2, 0.25) is 0 Å². The number of rotatable bonds is 5. The smallest absolute Gasteiger partial charge is 0.378 e. The zero-order valence-electron chi connectivity index (χ0n) is 22.0. The van der Waals surface area contributed by atoms with Crippen molar-refractivity contribution in [3.63, 3.8) is 0 Å². The van der Waals surface area contributed by atoms with Crippen LogP contribution in [0.3, 0.4) is 0 Å². The summed E-state index contributed by atoms with van der Waals surface area (Å²) in [6.07, 6.45) is -2.21. The van der Waals surface area contributed by atoms with Crippen LogP contribution in [0.15, 0.2) is 30.6 Å². The van der Waals surface area contributed by atoms with Crippen LogP contribution in [-0.2, 0) is 10.7 Å². The number of anilines is 2. The third kappa shape index (κ3) is 5.98. The predicted molar refractivity (Wildman–Crippen MR) is 137 cm³/mol. The number of carbonyl (C=O) groups is 1. The Kier molecular flexibility index (Phi) is 7.36. The first-order chi connectivity index (χ1) is 18.8. The minimum absolute atomic E-state index is 0.0731. The number of likely N-dealkylation sites (tertiary alicyclic amines) is 1. The summed E-state index contributed by atoms with van der Waals surface area (Å²) in [5.74, 6) is -4.57. The summed E-state index contributed by atoms with van der Waals surface area (Å²) in [6, 6.07) is 3.80. The Morgan fingerprint density at radius 3 is 2.50 bits per heavy atom. The van der Waals surface area contributed by atoms with Crippen molar-refractivity contribution >= 4 is 23.1 Å². The summed E-state index contributed by atoms with van der Waals surface area (Å²) in [5.41, 5.74) is 2.09. The molecule has 0 spiro atoms. The lowest BCUT2D eigenvalue weighted by atomic mass is 10.00. The molecular weight excluding hydrogens is 540 g/mol. The molecule has 4 heterocycles. The lowest BCUT2D eigenvalue weighted by Crippen LogP contribution is -2.36. The number of carbonyl (C=O) groups excluding carboxylic acids is 1. The summed E-state index contributed by atoms with van der Waals surface area (Å²) >= 11 is 0. The van der Waals surface area contributed by atoms with E-state index in [0.29, 0.717) is 54.3 Å². The average Bonchev–Trinajstić information content (AvgIpc) is 3.52. The second-order valence-electron chi connectivity index (χ2n) is 10.5. The van der Waals surface area contributed by atoms with Gasteiger partial charge in [-0.05, 0) is 48.6 Å². The summed E-state index contributed by atoms with van der Waals surface area (Å²) in [6.45, 7) is 4.49. The highest BCUT2D eigenvalue weighted by Gasteiger charge is 2.36. The number of imidazole rings is 1. The number of aryl methyl sites for hydroxylation is 1. The number of benzene rings is 1. The highest BCUT2D eigenvalue weighted by atomic mass is 19.4. The number of ether oxygens (including phenoxy) is 1. The number of morpholine rings is 1. The van der Waals surface area contributed by atoms with Gasteiger partial charge >= 0.3 is 12.2 Å². The van der Waals surface area contributed by atoms with Gasteiger partial charge in [0.1, 0.15) is 11.5 Å². The number of hydrogen-bond donors (Lipinski definition) is 1. The first-order valence-corrected chi connectivity index (χ1v) is 13.0. The first-order valence-electron chi connectivity index (χ1n) is 13.0. The van der Waals surface area contributed by atoms with Gasteiger partial charge in [0, 0.05) is 57.5 Å². The zero-order chi connectivity index (χ0) is 28.8. The summed E-state index contributed by atoms with van der Waals surface area (Å²) in [4.78, 5) is 20.2. The molecule has 1 aromatic carbocycles.